The molecule has 3 N–H and O–H groups in total. The highest BCUT2D eigenvalue weighted by Gasteiger charge is 2.39. The monoisotopic (exact) mass is 314 g/mol. The van der Waals surface area contributed by atoms with E-state index in [2.05, 4.69) is 0 Å². The third kappa shape index (κ3) is 4.20. The summed E-state index contributed by atoms with van der Waals surface area (Å²) in [5.41, 5.74) is 1.42. The molecule has 2 aromatic carbocycles. The zero-order chi connectivity index (χ0) is 16.5. The van der Waals surface area contributed by atoms with E-state index < -0.39 is 11.5 Å². The van der Waals surface area contributed by atoms with Gasteiger partial charge in [-0.3, -0.25) is 0 Å². The number of hydrogen-bond donors (Lipinski definition) is 3. The van der Waals surface area contributed by atoms with Gasteiger partial charge in [0.05, 0.1) is 6.10 Å². The Morgan fingerprint density at radius 2 is 1.22 bits per heavy atom. The van der Waals surface area contributed by atoms with Gasteiger partial charge in [0.1, 0.15) is 0 Å². The molecular formula is C20H26O3. The molecule has 0 saturated heterocycles. The molecule has 0 heterocycles. The first kappa shape index (κ1) is 17.7. The standard InChI is InChI=1S/C20H26O3/c21-15-7-13-20(14-8-16-22,18-11-5-2-6-12-18)19(23)17-9-3-1-4-10-17/h1-6,9-12,19,21-23H,7-8,13-16H2/t19-/m1/s1. The highest BCUT2D eigenvalue weighted by Crippen LogP contribution is 2.44. The van der Waals surface area contributed by atoms with Crippen LogP contribution in [0.5, 0.6) is 0 Å². The van der Waals surface area contributed by atoms with E-state index in [0.717, 1.165) is 11.1 Å². The van der Waals surface area contributed by atoms with Gasteiger partial charge in [0.15, 0.2) is 0 Å². The number of rotatable bonds is 9. The van der Waals surface area contributed by atoms with E-state index in [9.17, 15) is 15.3 Å². The Morgan fingerprint density at radius 3 is 1.70 bits per heavy atom. The molecule has 124 valence electrons. The number of benzene rings is 2. The zero-order valence-corrected chi connectivity index (χ0v) is 13.4. The summed E-state index contributed by atoms with van der Waals surface area (Å²) in [6.45, 7) is 0.185. The van der Waals surface area contributed by atoms with Crippen LogP contribution in [0.1, 0.15) is 42.9 Å². The maximum absolute atomic E-state index is 11.2. The minimum atomic E-state index is -0.677. The molecule has 0 spiro atoms. The van der Waals surface area contributed by atoms with Gasteiger partial charge in [-0.05, 0) is 36.8 Å². The lowest BCUT2D eigenvalue weighted by atomic mass is 9.67. The molecule has 0 unspecified atom stereocenters. The van der Waals surface area contributed by atoms with Crippen LogP contribution in [0.2, 0.25) is 0 Å². The van der Waals surface area contributed by atoms with Gasteiger partial charge in [-0.15, -0.1) is 0 Å². The molecule has 0 saturated carbocycles. The first-order valence-electron chi connectivity index (χ1n) is 8.25. The number of aliphatic hydroxyl groups excluding tert-OH is 3. The summed E-state index contributed by atoms with van der Waals surface area (Å²) < 4.78 is 0. The Hall–Kier alpha value is -1.68. The number of aliphatic hydroxyl groups is 3. The largest absolute Gasteiger partial charge is 0.396 e. The van der Waals surface area contributed by atoms with Gasteiger partial charge in [-0.25, -0.2) is 0 Å². The van der Waals surface area contributed by atoms with Crippen molar-refractivity contribution in [2.75, 3.05) is 13.2 Å². The van der Waals surface area contributed by atoms with Gasteiger partial charge >= 0.3 is 0 Å². The molecule has 23 heavy (non-hydrogen) atoms. The summed E-state index contributed by atoms with van der Waals surface area (Å²) in [6, 6.07) is 19.6. The van der Waals surface area contributed by atoms with Crippen molar-refractivity contribution in [3.63, 3.8) is 0 Å². The van der Waals surface area contributed by atoms with Gasteiger partial charge in [0, 0.05) is 18.6 Å². The molecular weight excluding hydrogens is 288 g/mol. The summed E-state index contributed by atoms with van der Waals surface area (Å²) in [7, 11) is 0. The van der Waals surface area contributed by atoms with Crippen LogP contribution in [0.3, 0.4) is 0 Å². The summed E-state index contributed by atoms with van der Waals surface area (Å²) in [6.07, 6.45) is 1.89. The Labute approximate surface area is 138 Å². The third-order valence-electron chi connectivity index (χ3n) is 4.55. The second-order valence-electron chi connectivity index (χ2n) is 5.99. The molecule has 2 rings (SSSR count). The molecule has 0 amide bonds. The second-order valence-corrected chi connectivity index (χ2v) is 5.99. The van der Waals surface area contributed by atoms with Crippen LogP contribution >= 0.6 is 0 Å². The van der Waals surface area contributed by atoms with E-state index >= 15 is 0 Å². The van der Waals surface area contributed by atoms with Crippen LogP contribution in [0.15, 0.2) is 60.7 Å². The Bertz CT molecular complexity index is 546. The van der Waals surface area contributed by atoms with Crippen molar-refractivity contribution in [1.29, 1.82) is 0 Å². The van der Waals surface area contributed by atoms with E-state index in [4.69, 9.17) is 0 Å². The van der Waals surface area contributed by atoms with Crippen molar-refractivity contribution in [2.24, 2.45) is 0 Å². The highest BCUT2D eigenvalue weighted by atomic mass is 16.3. The average molecular weight is 314 g/mol. The van der Waals surface area contributed by atoms with Crippen molar-refractivity contribution < 1.29 is 15.3 Å². The van der Waals surface area contributed by atoms with Crippen molar-refractivity contribution in [1.82, 2.24) is 0 Å². The van der Waals surface area contributed by atoms with Crippen LogP contribution in [-0.4, -0.2) is 28.5 Å². The summed E-state index contributed by atoms with van der Waals surface area (Å²) in [5.74, 6) is 0. The fourth-order valence-corrected chi connectivity index (χ4v) is 3.36. The predicted molar refractivity (Wildman–Crippen MR) is 92.2 cm³/mol. The smallest absolute Gasteiger partial charge is 0.0886 e. The summed E-state index contributed by atoms with van der Waals surface area (Å²) in [5, 5.41) is 29.8. The SMILES string of the molecule is OCCCC(CCCO)(c1ccccc1)[C@H](O)c1ccccc1. The highest BCUT2D eigenvalue weighted by molar-refractivity contribution is 5.32. The van der Waals surface area contributed by atoms with Gasteiger partial charge in [0.2, 0.25) is 0 Å². The fraction of sp³-hybridized carbons (Fsp3) is 0.400. The molecule has 0 radical (unpaired) electrons. The van der Waals surface area contributed by atoms with E-state index in [1.165, 1.54) is 0 Å². The van der Waals surface area contributed by atoms with E-state index in [1.807, 2.05) is 60.7 Å². The minimum absolute atomic E-state index is 0.0925. The molecule has 0 aliphatic heterocycles. The minimum Gasteiger partial charge on any atom is -0.396 e. The molecule has 3 heteroatoms. The van der Waals surface area contributed by atoms with Crippen LogP contribution in [0.4, 0.5) is 0 Å². The fourth-order valence-electron chi connectivity index (χ4n) is 3.36. The van der Waals surface area contributed by atoms with Crippen molar-refractivity contribution >= 4 is 0 Å². The molecule has 2 aromatic rings. The second kappa shape index (κ2) is 8.82. The van der Waals surface area contributed by atoms with E-state index in [1.54, 1.807) is 0 Å². The van der Waals surface area contributed by atoms with Gasteiger partial charge in [-0.1, -0.05) is 60.7 Å². The average Bonchev–Trinajstić information content (AvgIpc) is 2.63. The number of hydrogen-bond acceptors (Lipinski definition) is 3. The van der Waals surface area contributed by atoms with Crippen molar-refractivity contribution in [3.8, 4) is 0 Å². The summed E-state index contributed by atoms with van der Waals surface area (Å²) in [4.78, 5) is 0. The third-order valence-corrected chi connectivity index (χ3v) is 4.55. The maximum atomic E-state index is 11.2. The molecule has 0 aliphatic carbocycles. The Morgan fingerprint density at radius 1 is 0.739 bits per heavy atom. The molecule has 3 nitrogen and oxygen atoms in total. The van der Waals surface area contributed by atoms with Crippen LogP contribution in [-0.2, 0) is 5.41 Å². The van der Waals surface area contributed by atoms with Gasteiger partial charge in [0.25, 0.3) is 0 Å². The molecule has 0 aromatic heterocycles. The lowest BCUT2D eigenvalue weighted by molar-refractivity contribution is 0.0566. The van der Waals surface area contributed by atoms with Gasteiger partial charge in [-0.2, -0.15) is 0 Å². The first-order valence-corrected chi connectivity index (χ1v) is 8.25. The normalized spacial score (nSPS) is 13.0. The quantitative estimate of drug-likeness (QED) is 0.666. The molecule has 1 atom stereocenters. The van der Waals surface area contributed by atoms with Crippen LogP contribution in [0, 0.1) is 0 Å². The van der Waals surface area contributed by atoms with Gasteiger partial charge < -0.3 is 15.3 Å². The molecule has 0 fully saturated rings. The molecule has 0 bridgehead atoms. The van der Waals surface area contributed by atoms with Crippen LogP contribution < -0.4 is 0 Å². The Kier molecular flexibility index (Phi) is 6.78. The van der Waals surface area contributed by atoms with Crippen molar-refractivity contribution in [3.05, 3.63) is 71.8 Å². The van der Waals surface area contributed by atoms with E-state index in [-0.39, 0.29) is 13.2 Å². The zero-order valence-electron chi connectivity index (χ0n) is 13.4. The lowest BCUT2D eigenvalue weighted by Gasteiger charge is -2.39. The molecule has 0 aliphatic rings. The Balaban J connectivity index is 2.46. The first-order chi connectivity index (χ1) is 11.2. The topological polar surface area (TPSA) is 60.7 Å². The lowest BCUT2D eigenvalue weighted by Crippen LogP contribution is -2.34. The summed E-state index contributed by atoms with van der Waals surface area (Å²) >= 11 is 0. The predicted octanol–water partition coefficient (Wildman–Crippen LogP) is 3.20. The van der Waals surface area contributed by atoms with E-state index in [0.29, 0.717) is 25.7 Å². The van der Waals surface area contributed by atoms with Crippen LogP contribution in [0.25, 0.3) is 0 Å². The van der Waals surface area contributed by atoms with Crippen molar-refractivity contribution in [2.45, 2.75) is 37.2 Å². The maximum Gasteiger partial charge on any atom is 0.0886 e.